The summed E-state index contributed by atoms with van der Waals surface area (Å²) in [6.07, 6.45) is 5.91. The van der Waals surface area contributed by atoms with Crippen molar-refractivity contribution in [3.63, 3.8) is 0 Å². The Hall–Kier alpha value is -1.42. The summed E-state index contributed by atoms with van der Waals surface area (Å²) in [6.45, 7) is 10.0. The third-order valence-corrected chi connectivity index (χ3v) is 5.21. The van der Waals surface area contributed by atoms with E-state index in [4.69, 9.17) is 0 Å². The molecular weight excluding hydrogens is 286 g/mol. The van der Waals surface area contributed by atoms with Crippen LogP contribution in [0.5, 0.6) is 0 Å². The van der Waals surface area contributed by atoms with Crippen LogP contribution in [-0.2, 0) is 11.2 Å². The fourth-order valence-electron chi connectivity index (χ4n) is 4.23. The van der Waals surface area contributed by atoms with Gasteiger partial charge in [0.25, 0.3) is 0 Å². The molecule has 0 N–H and O–H groups in total. The van der Waals surface area contributed by atoms with Gasteiger partial charge < -0.3 is 9.80 Å². The van der Waals surface area contributed by atoms with Gasteiger partial charge in [0.2, 0.25) is 5.91 Å². The molecule has 1 amide bonds. The molecule has 2 fully saturated rings. The van der Waals surface area contributed by atoms with Gasteiger partial charge in [-0.05, 0) is 43.9 Å². The molecule has 1 aromatic heterocycles. The van der Waals surface area contributed by atoms with E-state index >= 15 is 0 Å². The van der Waals surface area contributed by atoms with Crippen molar-refractivity contribution >= 4 is 5.91 Å². The summed E-state index contributed by atoms with van der Waals surface area (Å²) in [4.78, 5) is 21.5. The SMILES string of the molecule is CC(C)CN1CCCC2(CCN(C(=O)Cc3ccccn3)C2)C1. The van der Waals surface area contributed by atoms with Gasteiger partial charge in [-0.25, -0.2) is 0 Å². The second-order valence-corrected chi connectivity index (χ2v) is 7.80. The molecule has 126 valence electrons. The largest absolute Gasteiger partial charge is 0.342 e. The summed E-state index contributed by atoms with van der Waals surface area (Å²) in [5.74, 6) is 0.954. The van der Waals surface area contributed by atoms with Crippen molar-refractivity contribution in [2.45, 2.75) is 39.5 Å². The zero-order chi connectivity index (χ0) is 16.3. The highest BCUT2D eigenvalue weighted by Gasteiger charge is 2.42. The van der Waals surface area contributed by atoms with Crippen LogP contribution in [0.15, 0.2) is 24.4 Å². The van der Waals surface area contributed by atoms with Crippen LogP contribution < -0.4 is 0 Å². The standard InChI is InChI=1S/C19H29N3O/c1-16(2)13-21-10-5-7-19(14-21)8-11-22(15-19)18(23)12-17-6-3-4-9-20-17/h3-4,6,9,16H,5,7-8,10-15H2,1-2H3. The van der Waals surface area contributed by atoms with E-state index in [1.165, 1.54) is 32.5 Å². The average Bonchev–Trinajstić information content (AvgIpc) is 2.91. The zero-order valence-electron chi connectivity index (χ0n) is 14.5. The quantitative estimate of drug-likeness (QED) is 0.857. The molecular formula is C19H29N3O. The van der Waals surface area contributed by atoms with E-state index in [9.17, 15) is 4.79 Å². The fourth-order valence-corrected chi connectivity index (χ4v) is 4.23. The van der Waals surface area contributed by atoms with E-state index in [-0.39, 0.29) is 5.91 Å². The molecule has 0 radical (unpaired) electrons. The molecule has 4 heteroatoms. The monoisotopic (exact) mass is 315 g/mol. The number of likely N-dealkylation sites (tertiary alicyclic amines) is 2. The molecule has 23 heavy (non-hydrogen) atoms. The lowest BCUT2D eigenvalue weighted by Crippen LogP contribution is -2.46. The van der Waals surface area contributed by atoms with E-state index in [2.05, 4.69) is 28.6 Å². The number of amides is 1. The zero-order valence-corrected chi connectivity index (χ0v) is 14.5. The Labute approximate surface area is 139 Å². The summed E-state index contributed by atoms with van der Waals surface area (Å²) in [6, 6.07) is 5.78. The van der Waals surface area contributed by atoms with Crippen molar-refractivity contribution in [1.29, 1.82) is 0 Å². The molecule has 1 spiro atoms. The molecule has 1 unspecified atom stereocenters. The number of rotatable bonds is 4. The number of carbonyl (C=O) groups is 1. The minimum Gasteiger partial charge on any atom is -0.342 e. The topological polar surface area (TPSA) is 36.4 Å². The van der Waals surface area contributed by atoms with Crippen LogP contribution in [0.4, 0.5) is 0 Å². The number of piperidine rings is 1. The lowest BCUT2D eigenvalue weighted by Gasteiger charge is -2.41. The maximum absolute atomic E-state index is 12.6. The van der Waals surface area contributed by atoms with Crippen molar-refractivity contribution in [3.05, 3.63) is 30.1 Å². The van der Waals surface area contributed by atoms with Crippen LogP contribution in [0.3, 0.4) is 0 Å². The number of pyridine rings is 1. The summed E-state index contributed by atoms with van der Waals surface area (Å²) in [5.41, 5.74) is 1.22. The van der Waals surface area contributed by atoms with Crippen LogP contribution in [0.1, 0.15) is 38.8 Å². The summed E-state index contributed by atoms with van der Waals surface area (Å²) >= 11 is 0. The van der Waals surface area contributed by atoms with E-state index in [1.807, 2.05) is 18.2 Å². The van der Waals surface area contributed by atoms with Crippen molar-refractivity contribution in [2.75, 3.05) is 32.7 Å². The Bertz CT molecular complexity index is 531. The van der Waals surface area contributed by atoms with Gasteiger partial charge in [-0.3, -0.25) is 9.78 Å². The summed E-state index contributed by atoms with van der Waals surface area (Å²) in [7, 11) is 0. The molecule has 0 bridgehead atoms. The molecule has 2 aliphatic rings. The third-order valence-electron chi connectivity index (χ3n) is 5.21. The normalized spacial score (nSPS) is 25.4. The number of nitrogens with zero attached hydrogens (tertiary/aromatic N) is 3. The Morgan fingerprint density at radius 1 is 1.26 bits per heavy atom. The highest BCUT2D eigenvalue weighted by atomic mass is 16.2. The molecule has 0 aromatic carbocycles. The molecule has 0 saturated carbocycles. The second kappa shape index (κ2) is 7.00. The number of hydrogen-bond acceptors (Lipinski definition) is 3. The first-order chi connectivity index (χ1) is 11.1. The van der Waals surface area contributed by atoms with Crippen molar-refractivity contribution in [3.8, 4) is 0 Å². The third kappa shape index (κ3) is 4.11. The molecule has 0 aliphatic carbocycles. The Balaban J connectivity index is 1.58. The Morgan fingerprint density at radius 2 is 2.13 bits per heavy atom. The fraction of sp³-hybridized carbons (Fsp3) is 0.684. The number of aromatic nitrogens is 1. The molecule has 2 aliphatic heterocycles. The van der Waals surface area contributed by atoms with Crippen LogP contribution in [0.25, 0.3) is 0 Å². The summed E-state index contributed by atoms with van der Waals surface area (Å²) < 4.78 is 0. The number of hydrogen-bond donors (Lipinski definition) is 0. The maximum Gasteiger partial charge on any atom is 0.228 e. The van der Waals surface area contributed by atoms with Crippen LogP contribution in [-0.4, -0.2) is 53.4 Å². The van der Waals surface area contributed by atoms with E-state index in [0.717, 1.165) is 25.2 Å². The first-order valence-corrected chi connectivity index (χ1v) is 8.96. The minimum absolute atomic E-state index is 0.238. The van der Waals surface area contributed by atoms with Crippen LogP contribution >= 0.6 is 0 Å². The minimum atomic E-state index is 0.238. The van der Waals surface area contributed by atoms with Gasteiger partial charge in [0.1, 0.15) is 0 Å². The second-order valence-electron chi connectivity index (χ2n) is 7.80. The van der Waals surface area contributed by atoms with Crippen molar-refractivity contribution in [2.24, 2.45) is 11.3 Å². The van der Waals surface area contributed by atoms with Gasteiger partial charge in [-0.1, -0.05) is 19.9 Å². The molecule has 1 atom stereocenters. The van der Waals surface area contributed by atoms with Gasteiger partial charge in [0, 0.05) is 43.5 Å². The van der Waals surface area contributed by atoms with E-state index in [0.29, 0.717) is 17.8 Å². The molecule has 4 nitrogen and oxygen atoms in total. The van der Waals surface area contributed by atoms with E-state index < -0.39 is 0 Å². The van der Waals surface area contributed by atoms with Gasteiger partial charge in [0.15, 0.2) is 0 Å². The Kier molecular flexibility index (Phi) is 5.00. The molecule has 3 rings (SSSR count). The lowest BCUT2D eigenvalue weighted by molar-refractivity contribution is -0.130. The predicted octanol–water partition coefficient (Wildman–Crippen LogP) is 2.59. The van der Waals surface area contributed by atoms with Crippen LogP contribution in [0.2, 0.25) is 0 Å². The average molecular weight is 315 g/mol. The smallest absolute Gasteiger partial charge is 0.228 e. The highest BCUT2D eigenvalue weighted by Crippen LogP contribution is 2.39. The molecule has 3 heterocycles. The summed E-state index contributed by atoms with van der Waals surface area (Å²) in [5, 5.41) is 0. The van der Waals surface area contributed by atoms with Crippen molar-refractivity contribution in [1.82, 2.24) is 14.8 Å². The maximum atomic E-state index is 12.6. The van der Waals surface area contributed by atoms with Gasteiger partial charge in [-0.2, -0.15) is 0 Å². The van der Waals surface area contributed by atoms with Gasteiger partial charge >= 0.3 is 0 Å². The highest BCUT2D eigenvalue weighted by molar-refractivity contribution is 5.78. The number of carbonyl (C=O) groups excluding carboxylic acids is 1. The predicted molar refractivity (Wildman–Crippen MR) is 92.1 cm³/mol. The lowest BCUT2D eigenvalue weighted by atomic mass is 9.79. The van der Waals surface area contributed by atoms with E-state index in [1.54, 1.807) is 6.20 Å². The van der Waals surface area contributed by atoms with Gasteiger partial charge in [-0.15, -0.1) is 0 Å². The van der Waals surface area contributed by atoms with Crippen molar-refractivity contribution < 1.29 is 4.79 Å². The Morgan fingerprint density at radius 3 is 2.87 bits per heavy atom. The molecule has 1 aromatic rings. The first-order valence-electron chi connectivity index (χ1n) is 8.96. The first kappa shape index (κ1) is 16.4. The van der Waals surface area contributed by atoms with Gasteiger partial charge in [0.05, 0.1) is 6.42 Å². The molecule has 2 saturated heterocycles. The van der Waals surface area contributed by atoms with Crippen LogP contribution in [0, 0.1) is 11.3 Å².